The Hall–Kier alpha value is -2.49. The van der Waals surface area contributed by atoms with Gasteiger partial charge in [-0.25, -0.2) is 9.19 Å². The minimum Gasteiger partial charge on any atom is -0.373 e. The SMILES string of the molecule is Cn1cc(-c2cnc3cnc(OS(=O)C(F)(F)F)cc3c2)cn1. The number of aryl methyl sites for hydroxylation is 1. The molecule has 3 rings (SSSR count). The van der Waals surface area contributed by atoms with Crippen LogP contribution < -0.4 is 4.18 Å². The van der Waals surface area contributed by atoms with Crippen LogP contribution in [0.25, 0.3) is 22.0 Å². The van der Waals surface area contributed by atoms with Crippen LogP contribution in [0.4, 0.5) is 13.2 Å². The lowest BCUT2D eigenvalue weighted by Gasteiger charge is -2.07. The van der Waals surface area contributed by atoms with Gasteiger partial charge >= 0.3 is 16.6 Å². The first-order valence-electron chi connectivity index (χ1n) is 6.25. The Morgan fingerprint density at radius 1 is 1.13 bits per heavy atom. The Morgan fingerprint density at radius 3 is 2.57 bits per heavy atom. The van der Waals surface area contributed by atoms with Gasteiger partial charge in [-0.1, -0.05) is 0 Å². The van der Waals surface area contributed by atoms with Crippen LogP contribution in [0.2, 0.25) is 0 Å². The average molecular weight is 342 g/mol. The summed E-state index contributed by atoms with van der Waals surface area (Å²) in [6.45, 7) is 0. The van der Waals surface area contributed by atoms with E-state index in [0.717, 1.165) is 11.1 Å². The van der Waals surface area contributed by atoms with Crippen LogP contribution in [0.5, 0.6) is 5.88 Å². The predicted octanol–water partition coefficient (Wildman–Crippen LogP) is 2.59. The number of aromatic nitrogens is 4. The molecule has 0 aromatic carbocycles. The molecule has 0 aliphatic carbocycles. The number of alkyl halides is 3. The molecule has 0 amide bonds. The van der Waals surface area contributed by atoms with Gasteiger partial charge in [0.05, 0.1) is 17.9 Å². The van der Waals surface area contributed by atoms with Crippen molar-refractivity contribution in [1.82, 2.24) is 19.7 Å². The lowest BCUT2D eigenvalue weighted by Crippen LogP contribution is -2.21. The van der Waals surface area contributed by atoms with Crippen molar-refractivity contribution in [2.75, 3.05) is 0 Å². The molecule has 0 aliphatic heterocycles. The minimum absolute atomic E-state index is 0.390. The van der Waals surface area contributed by atoms with Crippen molar-refractivity contribution in [3.63, 3.8) is 0 Å². The van der Waals surface area contributed by atoms with Gasteiger partial charge < -0.3 is 4.18 Å². The van der Waals surface area contributed by atoms with Gasteiger partial charge in [-0.15, -0.1) is 0 Å². The van der Waals surface area contributed by atoms with Crippen molar-refractivity contribution in [3.05, 3.63) is 36.9 Å². The highest BCUT2D eigenvalue weighted by atomic mass is 32.2. The zero-order valence-electron chi connectivity index (χ0n) is 11.6. The molecule has 0 aliphatic rings. The molecule has 10 heteroatoms. The van der Waals surface area contributed by atoms with Crippen LogP contribution in [-0.2, 0) is 18.1 Å². The molecule has 3 aromatic heterocycles. The average Bonchev–Trinajstić information content (AvgIpc) is 2.92. The Morgan fingerprint density at radius 2 is 1.91 bits per heavy atom. The van der Waals surface area contributed by atoms with E-state index in [0.29, 0.717) is 10.9 Å². The van der Waals surface area contributed by atoms with Gasteiger partial charge in [-0.2, -0.15) is 18.3 Å². The number of halogens is 3. The highest BCUT2D eigenvalue weighted by molar-refractivity contribution is 7.81. The maximum atomic E-state index is 12.3. The standard InChI is InChI=1S/C13H9F3N4O2S/c1-20-7-10(5-19-20)9-2-8-3-12(18-6-11(8)17-4-9)22-23(21)13(14,15)16/h2-7H,1H3. The molecule has 23 heavy (non-hydrogen) atoms. The maximum Gasteiger partial charge on any atom is 0.508 e. The first kappa shape index (κ1) is 15.4. The molecule has 1 unspecified atom stereocenters. The fraction of sp³-hybridized carbons (Fsp3) is 0.154. The molecule has 0 saturated carbocycles. The molecule has 0 spiro atoms. The van der Waals surface area contributed by atoms with Gasteiger partial charge in [-0.05, 0) is 6.07 Å². The Balaban J connectivity index is 1.96. The summed E-state index contributed by atoms with van der Waals surface area (Å²) in [7, 11) is 1.76. The van der Waals surface area contributed by atoms with E-state index in [2.05, 4.69) is 19.2 Å². The Labute approximate surface area is 130 Å². The van der Waals surface area contributed by atoms with Crippen molar-refractivity contribution >= 4 is 22.0 Å². The second-order valence-electron chi connectivity index (χ2n) is 4.61. The molecule has 0 bridgehead atoms. The molecule has 1 atom stereocenters. The zero-order valence-corrected chi connectivity index (χ0v) is 12.4. The largest absolute Gasteiger partial charge is 0.508 e. The van der Waals surface area contributed by atoms with E-state index in [1.807, 2.05) is 0 Å². The summed E-state index contributed by atoms with van der Waals surface area (Å²) in [5, 5.41) is 4.55. The van der Waals surface area contributed by atoms with Gasteiger partial charge in [0.1, 0.15) is 0 Å². The second-order valence-corrected chi connectivity index (χ2v) is 5.70. The highest BCUT2D eigenvalue weighted by Crippen LogP contribution is 2.26. The van der Waals surface area contributed by atoms with Crippen molar-refractivity contribution in [2.24, 2.45) is 7.05 Å². The molecular formula is C13H9F3N4O2S. The first-order chi connectivity index (χ1) is 10.8. The molecule has 0 saturated heterocycles. The molecule has 0 fully saturated rings. The third-order valence-corrected chi connectivity index (χ3v) is 3.63. The van der Waals surface area contributed by atoms with E-state index in [1.54, 1.807) is 36.4 Å². The van der Waals surface area contributed by atoms with Crippen LogP contribution in [-0.4, -0.2) is 29.5 Å². The van der Waals surface area contributed by atoms with Crippen molar-refractivity contribution in [1.29, 1.82) is 0 Å². The smallest absolute Gasteiger partial charge is 0.373 e. The monoisotopic (exact) mass is 342 g/mol. The second kappa shape index (κ2) is 5.61. The van der Waals surface area contributed by atoms with Crippen LogP contribution in [0.15, 0.2) is 36.9 Å². The lowest BCUT2D eigenvalue weighted by atomic mass is 10.1. The molecule has 0 radical (unpaired) electrons. The number of nitrogens with zero attached hydrogens (tertiary/aromatic N) is 4. The van der Waals surface area contributed by atoms with Gasteiger partial charge in [0, 0.05) is 42.0 Å². The summed E-state index contributed by atoms with van der Waals surface area (Å²) in [6, 6.07) is 2.97. The minimum atomic E-state index is -4.97. The number of rotatable bonds is 3. The maximum absolute atomic E-state index is 12.3. The fourth-order valence-electron chi connectivity index (χ4n) is 1.91. The fourth-order valence-corrected chi connectivity index (χ4v) is 2.25. The normalized spacial score (nSPS) is 13.2. The van der Waals surface area contributed by atoms with Crippen molar-refractivity contribution < 1.29 is 21.6 Å². The van der Waals surface area contributed by atoms with Gasteiger partial charge in [0.2, 0.25) is 5.88 Å². The van der Waals surface area contributed by atoms with E-state index >= 15 is 0 Å². The lowest BCUT2D eigenvalue weighted by molar-refractivity contribution is -0.0438. The summed E-state index contributed by atoms with van der Waals surface area (Å²) >= 11 is -3.47. The van der Waals surface area contributed by atoms with E-state index in [-0.39, 0.29) is 0 Å². The summed E-state index contributed by atoms with van der Waals surface area (Å²) in [5.41, 5.74) is -2.95. The zero-order chi connectivity index (χ0) is 16.6. The van der Waals surface area contributed by atoms with Crippen LogP contribution >= 0.6 is 0 Å². The molecular weight excluding hydrogens is 333 g/mol. The van der Waals surface area contributed by atoms with Gasteiger partial charge in [0.25, 0.3) is 0 Å². The molecule has 0 N–H and O–H groups in total. The van der Waals surface area contributed by atoms with E-state index in [1.165, 1.54) is 12.3 Å². The van der Waals surface area contributed by atoms with Gasteiger partial charge in [0.15, 0.2) is 0 Å². The number of hydrogen-bond donors (Lipinski definition) is 0. The van der Waals surface area contributed by atoms with Crippen LogP contribution in [0.1, 0.15) is 0 Å². The van der Waals surface area contributed by atoms with E-state index in [4.69, 9.17) is 0 Å². The summed E-state index contributed by atoms with van der Waals surface area (Å²) < 4.78 is 53.7. The number of pyridine rings is 2. The summed E-state index contributed by atoms with van der Waals surface area (Å²) in [6.07, 6.45) is 6.28. The number of fused-ring (bicyclic) bond motifs is 1. The molecule has 120 valence electrons. The van der Waals surface area contributed by atoms with E-state index < -0.39 is 22.5 Å². The Bertz CT molecular complexity index is 894. The van der Waals surface area contributed by atoms with Gasteiger partial charge in [-0.3, -0.25) is 9.67 Å². The summed E-state index contributed by atoms with van der Waals surface area (Å²) in [4.78, 5) is 7.86. The Kier molecular flexibility index (Phi) is 3.76. The number of hydrogen-bond acceptors (Lipinski definition) is 5. The van der Waals surface area contributed by atoms with E-state index in [9.17, 15) is 17.4 Å². The quantitative estimate of drug-likeness (QED) is 0.732. The van der Waals surface area contributed by atoms with Crippen molar-refractivity contribution in [2.45, 2.75) is 5.51 Å². The van der Waals surface area contributed by atoms with Crippen LogP contribution in [0.3, 0.4) is 0 Å². The molecule has 6 nitrogen and oxygen atoms in total. The van der Waals surface area contributed by atoms with Crippen molar-refractivity contribution in [3.8, 4) is 17.0 Å². The third kappa shape index (κ3) is 3.31. The molecule has 3 aromatic rings. The van der Waals surface area contributed by atoms with Crippen LogP contribution in [0, 0.1) is 0 Å². The summed E-state index contributed by atoms with van der Waals surface area (Å²) in [5.74, 6) is -0.390. The first-order valence-corrected chi connectivity index (χ1v) is 7.32. The predicted molar refractivity (Wildman–Crippen MR) is 76.6 cm³/mol. The highest BCUT2D eigenvalue weighted by Gasteiger charge is 2.40. The topological polar surface area (TPSA) is 69.9 Å². The third-order valence-electron chi connectivity index (χ3n) is 2.93. The molecule has 3 heterocycles.